The van der Waals surface area contributed by atoms with Crippen molar-refractivity contribution in [3.63, 3.8) is 0 Å². The maximum Gasteiger partial charge on any atom is 0.418 e. The van der Waals surface area contributed by atoms with Crippen LogP contribution in [0.15, 0.2) is 36.0 Å². The van der Waals surface area contributed by atoms with Crippen LogP contribution in [0.3, 0.4) is 0 Å². The van der Waals surface area contributed by atoms with Crippen molar-refractivity contribution in [2.75, 3.05) is 0 Å². The number of nitrogens with zero attached hydrogens (tertiary/aromatic N) is 1. The van der Waals surface area contributed by atoms with Gasteiger partial charge in [0.2, 0.25) is 0 Å². The highest BCUT2D eigenvalue weighted by Gasteiger charge is 2.51. The summed E-state index contributed by atoms with van der Waals surface area (Å²) in [5.41, 5.74) is 0.343. The van der Waals surface area contributed by atoms with Gasteiger partial charge in [-0.1, -0.05) is 24.3 Å². The maximum atomic E-state index is 12.0. The van der Waals surface area contributed by atoms with Crippen molar-refractivity contribution in [3.05, 3.63) is 36.0 Å². The van der Waals surface area contributed by atoms with Gasteiger partial charge in [-0.3, -0.25) is 4.79 Å². The largest absolute Gasteiger partial charge is 0.440 e. The standard InChI is InChI=1S/C14H17NO3/c1-4-7-11(16)15-12(10-8-5-6-9-10)14(2,3)18-13(15)17/h4-8,12H,9H2,1-3H3/b7-4+/t12-/m0/s1. The first-order chi connectivity index (χ1) is 8.47. The molecule has 96 valence electrons. The molecule has 0 spiro atoms. The second-order valence-electron chi connectivity index (χ2n) is 4.96. The first-order valence-electron chi connectivity index (χ1n) is 6.02. The molecular weight excluding hydrogens is 230 g/mol. The summed E-state index contributed by atoms with van der Waals surface area (Å²) < 4.78 is 5.32. The van der Waals surface area contributed by atoms with Crippen LogP contribution in [0.1, 0.15) is 27.2 Å². The fourth-order valence-corrected chi connectivity index (χ4v) is 2.47. The molecule has 1 atom stereocenters. The number of hydrogen-bond acceptors (Lipinski definition) is 3. The van der Waals surface area contributed by atoms with E-state index in [1.54, 1.807) is 13.0 Å². The van der Waals surface area contributed by atoms with E-state index in [-0.39, 0.29) is 11.9 Å². The van der Waals surface area contributed by atoms with Crippen molar-refractivity contribution >= 4 is 12.0 Å². The smallest absolute Gasteiger partial charge is 0.418 e. The molecule has 1 aliphatic heterocycles. The fourth-order valence-electron chi connectivity index (χ4n) is 2.47. The Morgan fingerprint density at radius 3 is 2.83 bits per heavy atom. The first kappa shape index (κ1) is 12.6. The van der Waals surface area contributed by atoms with Gasteiger partial charge in [0, 0.05) is 0 Å². The molecular formula is C14H17NO3. The Morgan fingerprint density at radius 2 is 2.28 bits per heavy atom. The molecule has 2 amide bonds. The number of allylic oxidation sites excluding steroid dienone is 4. The molecule has 4 heteroatoms. The molecule has 1 heterocycles. The molecule has 2 rings (SSSR count). The Labute approximate surface area is 107 Å². The molecule has 1 fully saturated rings. The van der Waals surface area contributed by atoms with Crippen molar-refractivity contribution < 1.29 is 14.3 Å². The molecule has 0 saturated carbocycles. The van der Waals surface area contributed by atoms with Crippen LogP contribution in [-0.4, -0.2) is 28.5 Å². The highest BCUT2D eigenvalue weighted by Crippen LogP contribution is 2.36. The van der Waals surface area contributed by atoms with Gasteiger partial charge < -0.3 is 4.74 Å². The lowest BCUT2D eigenvalue weighted by atomic mass is 9.90. The topological polar surface area (TPSA) is 46.6 Å². The van der Waals surface area contributed by atoms with Crippen LogP contribution in [0.2, 0.25) is 0 Å². The molecule has 1 saturated heterocycles. The summed E-state index contributed by atoms with van der Waals surface area (Å²) in [6, 6.07) is -0.330. The number of amides is 2. The first-order valence-corrected chi connectivity index (χ1v) is 6.02. The second kappa shape index (κ2) is 4.44. The Balaban J connectivity index is 2.36. The quantitative estimate of drug-likeness (QED) is 0.704. The van der Waals surface area contributed by atoms with Crippen LogP contribution in [0.25, 0.3) is 0 Å². The van der Waals surface area contributed by atoms with Gasteiger partial charge in [0.15, 0.2) is 0 Å². The Hall–Kier alpha value is -1.84. The van der Waals surface area contributed by atoms with Crippen molar-refractivity contribution in [1.82, 2.24) is 4.90 Å². The van der Waals surface area contributed by atoms with E-state index >= 15 is 0 Å². The van der Waals surface area contributed by atoms with E-state index < -0.39 is 11.7 Å². The lowest BCUT2D eigenvalue weighted by Gasteiger charge is -2.28. The molecule has 0 radical (unpaired) electrons. The monoisotopic (exact) mass is 247 g/mol. The summed E-state index contributed by atoms with van der Waals surface area (Å²) in [4.78, 5) is 25.1. The van der Waals surface area contributed by atoms with E-state index in [1.165, 1.54) is 11.0 Å². The van der Waals surface area contributed by atoms with Crippen LogP contribution in [-0.2, 0) is 9.53 Å². The normalized spacial score (nSPS) is 25.7. The number of imide groups is 1. The molecule has 0 N–H and O–H groups in total. The van der Waals surface area contributed by atoms with Crippen LogP contribution in [0.4, 0.5) is 4.79 Å². The van der Waals surface area contributed by atoms with E-state index in [0.29, 0.717) is 0 Å². The zero-order valence-corrected chi connectivity index (χ0v) is 10.8. The van der Waals surface area contributed by atoms with Gasteiger partial charge in [0.25, 0.3) is 5.91 Å². The molecule has 0 unspecified atom stereocenters. The third-order valence-electron chi connectivity index (χ3n) is 3.16. The number of cyclic esters (lactones) is 1. The van der Waals surface area contributed by atoms with Gasteiger partial charge >= 0.3 is 6.09 Å². The summed E-state index contributed by atoms with van der Waals surface area (Å²) in [5.74, 6) is -0.328. The third kappa shape index (κ3) is 1.98. The van der Waals surface area contributed by atoms with E-state index in [9.17, 15) is 9.59 Å². The Kier molecular flexibility index (Phi) is 3.11. The average Bonchev–Trinajstić information content (AvgIpc) is 2.83. The molecule has 2 aliphatic rings. The number of carbonyl (C=O) groups excluding carboxylic acids is 2. The molecule has 4 nitrogen and oxygen atoms in total. The van der Waals surface area contributed by atoms with Crippen molar-refractivity contribution in [2.45, 2.75) is 38.8 Å². The van der Waals surface area contributed by atoms with Crippen molar-refractivity contribution in [2.24, 2.45) is 0 Å². The predicted molar refractivity (Wildman–Crippen MR) is 67.8 cm³/mol. The molecule has 0 aromatic carbocycles. The minimum absolute atomic E-state index is 0.328. The highest BCUT2D eigenvalue weighted by atomic mass is 16.6. The molecule has 18 heavy (non-hydrogen) atoms. The van der Waals surface area contributed by atoms with Crippen LogP contribution in [0.5, 0.6) is 0 Å². The molecule has 0 bridgehead atoms. The van der Waals surface area contributed by atoms with Crippen molar-refractivity contribution in [1.29, 1.82) is 0 Å². The minimum atomic E-state index is -0.688. The van der Waals surface area contributed by atoms with Crippen molar-refractivity contribution in [3.8, 4) is 0 Å². The van der Waals surface area contributed by atoms with Gasteiger partial charge in [-0.25, -0.2) is 9.69 Å². The van der Waals surface area contributed by atoms with E-state index in [4.69, 9.17) is 4.74 Å². The van der Waals surface area contributed by atoms with Crippen LogP contribution < -0.4 is 0 Å². The summed E-state index contributed by atoms with van der Waals surface area (Å²) in [6.07, 6.45) is 9.09. The van der Waals surface area contributed by atoms with Gasteiger partial charge in [-0.05, 0) is 38.8 Å². The fraction of sp³-hybridized carbons (Fsp3) is 0.429. The van der Waals surface area contributed by atoms with Gasteiger partial charge in [0.05, 0.1) is 0 Å². The van der Waals surface area contributed by atoms with E-state index in [0.717, 1.165) is 12.0 Å². The summed E-state index contributed by atoms with van der Waals surface area (Å²) in [7, 11) is 0. The Morgan fingerprint density at radius 1 is 1.56 bits per heavy atom. The summed E-state index contributed by atoms with van der Waals surface area (Å²) in [6.45, 7) is 5.41. The molecule has 0 aromatic rings. The Bertz CT molecular complexity index is 471. The zero-order valence-electron chi connectivity index (χ0n) is 10.8. The lowest BCUT2D eigenvalue weighted by Crippen LogP contribution is -2.45. The molecule has 1 aliphatic carbocycles. The summed E-state index contributed by atoms with van der Waals surface area (Å²) >= 11 is 0. The van der Waals surface area contributed by atoms with Gasteiger partial charge in [-0.15, -0.1) is 0 Å². The number of rotatable bonds is 2. The SMILES string of the molecule is C/C=C/C(=O)N1C(=O)OC(C)(C)[C@@H]1C1=CC=CC1. The van der Waals surface area contributed by atoms with Crippen LogP contribution in [0, 0.1) is 0 Å². The van der Waals surface area contributed by atoms with Gasteiger partial charge in [-0.2, -0.15) is 0 Å². The molecule has 0 aromatic heterocycles. The lowest BCUT2D eigenvalue weighted by molar-refractivity contribution is -0.124. The maximum absolute atomic E-state index is 12.0. The van der Waals surface area contributed by atoms with E-state index in [1.807, 2.05) is 32.1 Å². The number of carbonyl (C=O) groups is 2. The summed E-state index contributed by atoms with van der Waals surface area (Å²) in [5, 5.41) is 0. The zero-order chi connectivity index (χ0) is 13.3. The second-order valence-corrected chi connectivity index (χ2v) is 4.96. The van der Waals surface area contributed by atoms with E-state index in [2.05, 4.69) is 0 Å². The number of ether oxygens (including phenoxy) is 1. The predicted octanol–water partition coefficient (Wildman–Crippen LogP) is 2.57. The average molecular weight is 247 g/mol. The number of hydrogen-bond donors (Lipinski definition) is 0. The van der Waals surface area contributed by atoms with Gasteiger partial charge in [0.1, 0.15) is 11.6 Å². The third-order valence-corrected chi connectivity index (χ3v) is 3.16. The minimum Gasteiger partial charge on any atom is -0.440 e. The highest BCUT2D eigenvalue weighted by molar-refractivity contribution is 6.00. The van der Waals surface area contributed by atoms with Crippen LogP contribution >= 0.6 is 0 Å².